The van der Waals surface area contributed by atoms with Gasteiger partial charge in [-0.05, 0) is 88.5 Å². The zero-order valence-corrected chi connectivity index (χ0v) is 29.6. The van der Waals surface area contributed by atoms with Gasteiger partial charge in [-0.25, -0.2) is 0 Å². The largest absolute Gasteiger partial charge is 0.508 e. The highest BCUT2D eigenvalue weighted by atomic mass is 16.5. The van der Waals surface area contributed by atoms with Gasteiger partial charge in [0.15, 0.2) is 0 Å². The van der Waals surface area contributed by atoms with Crippen LogP contribution < -0.4 is 20.7 Å². The van der Waals surface area contributed by atoms with Crippen molar-refractivity contribution in [1.82, 2.24) is 16.0 Å². The Hall–Kier alpha value is -3.43. The van der Waals surface area contributed by atoms with Gasteiger partial charge in [0.2, 0.25) is 12.3 Å². The molecular weight excluding hydrogens is 594 g/mol. The van der Waals surface area contributed by atoms with Crippen LogP contribution in [0.25, 0.3) is 0 Å². The average molecular weight is 656 g/mol. The molecule has 0 spiro atoms. The normalized spacial score (nSPS) is 16.4. The highest BCUT2D eigenvalue weighted by Crippen LogP contribution is 2.32. The number of aliphatic hydroxyl groups excluding tert-OH is 1. The fourth-order valence-corrected chi connectivity index (χ4v) is 5.65. The molecule has 1 heterocycles. The number of carbonyl (C=O) groups excluding carboxylic acids is 3. The van der Waals surface area contributed by atoms with E-state index in [0.29, 0.717) is 24.8 Å². The molecule has 264 valence electrons. The number of rotatable bonds is 13. The number of benzene rings is 2. The number of ether oxygens (including phenoxy) is 1. The second-order valence-electron chi connectivity index (χ2n) is 12.1. The average Bonchev–Trinajstić information content (AvgIpc) is 3.09. The standard InChI is InChI=1S/C23H34N2O3.C7H8O.C6H13NO2.C2H6/c1-17(27)22(18-7-3-2-4-8-18)25-15-21-13-12-20-10-5-9-19(23(20)28-21)11-6-14-24-16-26;1-6-2-4-7(8)5-3-6;1-3-7-6(9)5(2)4-8;1-2/h5,9-10,16,18,21-22,25H,2-4,6-8,11-15H2,1H3,(H,24,26);2-5,8H,1H3;5,8H,3-4H2,1-2H3,(H,7,9);1-2H3. The Labute approximate surface area is 283 Å². The highest BCUT2D eigenvalue weighted by Gasteiger charge is 2.29. The maximum Gasteiger partial charge on any atom is 0.225 e. The Balaban J connectivity index is 0.000000474. The number of para-hydroxylation sites is 1. The summed E-state index contributed by atoms with van der Waals surface area (Å²) in [5.74, 6) is 1.72. The lowest BCUT2D eigenvalue weighted by atomic mass is 9.82. The third-order valence-corrected chi connectivity index (χ3v) is 8.28. The van der Waals surface area contributed by atoms with Gasteiger partial charge < -0.3 is 30.9 Å². The van der Waals surface area contributed by atoms with Crippen LogP contribution in [0.1, 0.15) is 96.3 Å². The van der Waals surface area contributed by atoms with E-state index in [1.807, 2.05) is 39.8 Å². The van der Waals surface area contributed by atoms with E-state index in [-0.39, 0.29) is 36.4 Å². The molecule has 2 aliphatic rings. The van der Waals surface area contributed by atoms with Gasteiger partial charge in [0, 0.05) is 19.6 Å². The fraction of sp³-hybridized carbons (Fsp3) is 0.605. The van der Waals surface area contributed by atoms with E-state index in [0.717, 1.165) is 57.2 Å². The molecule has 2 aromatic carbocycles. The van der Waals surface area contributed by atoms with Crippen LogP contribution in [0, 0.1) is 18.8 Å². The number of aliphatic hydroxyl groups is 1. The SMILES string of the molecule is CC.CC(=O)C(NCC1CCc2cccc(CCCNC=O)c2O1)C1CCCCC1.CCNC(=O)C(C)CO.Cc1ccc(O)cc1. The molecule has 1 aliphatic heterocycles. The van der Waals surface area contributed by atoms with Crippen LogP contribution in [-0.2, 0) is 27.2 Å². The second kappa shape index (κ2) is 24.7. The minimum Gasteiger partial charge on any atom is -0.508 e. The topological polar surface area (TPSA) is 137 Å². The van der Waals surface area contributed by atoms with Crippen LogP contribution in [-0.4, -0.2) is 66.7 Å². The number of Topliss-reactive ketones (excluding diaryl/α,β-unsaturated/α-hetero) is 1. The number of amides is 2. The van der Waals surface area contributed by atoms with Crippen LogP contribution in [0.4, 0.5) is 0 Å². The zero-order chi connectivity index (χ0) is 35.0. The number of ketones is 1. The molecule has 1 aliphatic carbocycles. The Bertz CT molecular complexity index is 1130. The summed E-state index contributed by atoms with van der Waals surface area (Å²) in [7, 11) is 0. The molecule has 0 saturated heterocycles. The fourth-order valence-electron chi connectivity index (χ4n) is 5.65. The molecule has 3 atom stereocenters. The van der Waals surface area contributed by atoms with Crippen molar-refractivity contribution in [2.75, 3.05) is 26.2 Å². The molecule has 3 unspecified atom stereocenters. The van der Waals surface area contributed by atoms with Crippen molar-refractivity contribution in [2.45, 2.75) is 111 Å². The summed E-state index contributed by atoms with van der Waals surface area (Å²) in [6.45, 7) is 13.2. The quantitative estimate of drug-likeness (QED) is 0.139. The molecule has 2 amide bonds. The maximum absolute atomic E-state index is 12.2. The first-order valence-corrected chi connectivity index (χ1v) is 17.5. The number of phenols is 1. The number of aromatic hydroxyl groups is 1. The van der Waals surface area contributed by atoms with E-state index in [9.17, 15) is 14.4 Å². The van der Waals surface area contributed by atoms with Crippen LogP contribution in [0.2, 0.25) is 0 Å². The first kappa shape index (κ1) is 41.6. The third kappa shape index (κ3) is 16.3. The molecule has 0 radical (unpaired) electrons. The molecular formula is C38H61N3O6. The van der Waals surface area contributed by atoms with Crippen molar-refractivity contribution in [3.05, 3.63) is 59.2 Å². The van der Waals surface area contributed by atoms with Crippen LogP contribution in [0.15, 0.2) is 42.5 Å². The summed E-state index contributed by atoms with van der Waals surface area (Å²) >= 11 is 0. The maximum atomic E-state index is 12.2. The van der Waals surface area contributed by atoms with Crippen molar-refractivity contribution in [3.8, 4) is 11.5 Å². The minimum absolute atomic E-state index is 0.0324. The molecule has 5 N–H and O–H groups in total. The van der Waals surface area contributed by atoms with Crippen molar-refractivity contribution >= 4 is 18.1 Å². The summed E-state index contributed by atoms with van der Waals surface area (Å²) in [5.41, 5.74) is 3.65. The summed E-state index contributed by atoms with van der Waals surface area (Å²) in [6, 6.07) is 13.4. The van der Waals surface area contributed by atoms with Crippen molar-refractivity contribution in [2.24, 2.45) is 11.8 Å². The van der Waals surface area contributed by atoms with E-state index in [1.165, 1.54) is 36.0 Å². The summed E-state index contributed by atoms with van der Waals surface area (Å²) < 4.78 is 6.37. The van der Waals surface area contributed by atoms with Gasteiger partial charge in [0.25, 0.3) is 0 Å². The first-order chi connectivity index (χ1) is 22.7. The van der Waals surface area contributed by atoms with Gasteiger partial charge in [0.1, 0.15) is 23.4 Å². The smallest absolute Gasteiger partial charge is 0.225 e. The zero-order valence-electron chi connectivity index (χ0n) is 29.6. The summed E-state index contributed by atoms with van der Waals surface area (Å²) in [5, 5.41) is 26.1. The predicted molar refractivity (Wildman–Crippen MR) is 190 cm³/mol. The lowest BCUT2D eigenvalue weighted by Gasteiger charge is -2.33. The van der Waals surface area contributed by atoms with E-state index in [1.54, 1.807) is 26.0 Å². The lowest BCUT2D eigenvalue weighted by Crippen LogP contribution is -2.47. The molecule has 4 rings (SSSR count). The van der Waals surface area contributed by atoms with Crippen LogP contribution in [0.5, 0.6) is 11.5 Å². The van der Waals surface area contributed by atoms with Crippen molar-refractivity contribution in [3.63, 3.8) is 0 Å². The Morgan fingerprint density at radius 1 is 1.04 bits per heavy atom. The van der Waals surface area contributed by atoms with Gasteiger partial charge in [0.05, 0.1) is 18.6 Å². The van der Waals surface area contributed by atoms with Gasteiger partial charge in [-0.3, -0.25) is 14.4 Å². The Morgan fingerprint density at radius 2 is 1.72 bits per heavy atom. The molecule has 1 fully saturated rings. The number of hydrogen-bond acceptors (Lipinski definition) is 7. The molecule has 9 heteroatoms. The highest BCUT2D eigenvalue weighted by molar-refractivity contribution is 5.81. The molecule has 0 aromatic heterocycles. The number of aryl methyl sites for hydroxylation is 3. The van der Waals surface area contributed by atoms with Gasteiger partial charge in [-0.2, -0.15) is 0 Å². The molecule has 2 aromatic rings. The van der Waals surface area contributed by atoms with Gasteiger partial charge >= 0.3 is 0 Å². The van der Waals surface area contributed by atoms with Crippen molar-refractivity contribution < 1.29 is 29.3 Å². The predicted octanol–water partition coefficient (Wildman–Crippen LogP) is 5.66. The minimum atomic E-state index is -0.273. The number of carbonyl (C=O) groups is 3. The van der Waals surface area contributed by atoms with Crippen molar-refractivity contribution in [1.29, 1.82) is 0 Å². The van der Waals surface area contributed by atoms with E-state index >= 15 is 0 Å². The molecule has 1 saturated carbocycles. The summed E-state index contributed by atoms with van der Waals surface area (Å²) in [6.07, 6.45) is 10.7. The molecule has 9 nitrogen and oxygen atoms in total. The Morgan fingerprint density at radius 3 is 2.30 bits per heavy atom. The number of nitrogens with one attached hydrogen (secondary N) is 3. The van der Waals surface area contributed by atoms with Gasteiger partial charge in [-0.1, -0.05) is 75.9 Å². The van der Waals surface area contributed by atoms with E-state index in [2.05, 4.69) is 34.1 Å². The molecule has 0 bridgehead atoms. The number of fused-ring (bicyclic) bond motifs is 1. The number of hydrogen-bond donors (Lipinski definition) is 5. The lowest BCUT2D eigenvalue weighted by molar-refractivity contribution is -0.125. The summed E-state index contributed by atoms with van der Waals surface area (Å²) in [4.78, 5) is 33.3. The monoisotopic (exact) mass is 655 g/mol. The number of phenolic OH excluding ortho intramolecular Hbond substituents is 1. The first-order valence-electron chi connectivity index (χ1n) is 17.5. The Kier molecular flexibility index (Phi) is 21.9. The molecule has 47 heavy (non-hydrogen) atoms. The van der Waals surface area contributed by atoms with Gasteiger partial charge in [-0.15, -0.1) is 0 Å². The van der Waals surface area contributed by atoms with E-state index in [4.69, 9.17) is 14.9 Å². The third-order valence-electron chi connectivity index (χ3n) is 8.28. The van der Waals surface area contributed by atoms with E-state index < -0.39 is 0 Å². The van der Waals surface area contributed by atoms with Crippen LogP contribution in [0.3, 0.4) is 0 Å². The van der Waals surface area contributed by atoms with Crippen LogP contribution >= 0.6 is 0 Å². The second-order valence-corrected chi connectivity index (χ2v) is 12.1.